The lowest BCUT2D eigenvalue weighted by Crippen LogP contribution is -2.04. The van der Waals surface area contributed by atoms with Crippen LogP contribution >= 0.6 is 50.1 Å². The molecule has 0 unspecified atom stereocenters. The van der Waals surface area contributed by atoms with E-state index in [0.29, 0.717) is 11.6 Å². The van der Waals surface area contributed by atoms with E-state index in [-0.39, 0.29) is 0 Å². The van der Waals surface area contributed by atoms with Gasteiger partial charge in [-0.05, 0) is 46.7 Å². The Balaban J connectivity index is 2.27. The molecule has 0 saturated heterocycles. The van der Waals surface area contributed by atoms with Gasteiger partial charge < -0.3 is 0 Å². The van der Waals surface area contributed by atoms with E-state index in [1.54, 1.807) is 0 Å². The molecule has 0 aliphatic carbocycles. The molecule has 1 aromatic heterocycles. The fraction of sp³-hybridized carbons (Fsp3) is 0.286. The van der Waals surface area contributed by atoms with E-state index >= 15 is 0 Å². The molecular weight excluding hydrogens is 438 g/mol. The zero-order valence-electron chi connectivity index (χ0n) is 10.5. The maximum atomic E-state index is 6.18. The molecule has 2 rings (SSSR count). The average molecular weight is 452 g/mol. The molecule has 0 aliphatic heterocycles. The van der Waals surface area contributed by atoms with E-state index in [0.717, 1.165) is 32.4 Å². The maximum absolute atomic E-state index is 6.18. The summed E-state index contributed by atoms with van der Waals surface area (Å²) < 4.78 is 2.05. The van der Waals surface area contributed by atoms with E-state index in [9.17, 15) is 0 Å². The quantitative estimate of drug-likeness (QED) is 0.481. The molecule has 0 atom stereocenters. The summed E-state index contributed by atoms with van der Waals surface area (Å²) in [4.78, 5) is 8.99. The van der Waals surface area contributed by atoms with Crippen LogP contribution in [0, 0.1) is 3.57 Å². The standard InChI is InChI=1S/C14H13BrClIN2/c1-2-3-11-13(17)14(16)19-12(18-11)8-9-4-6-10(15)7-5-9/h4-7H,2-3,8H2,1H3. The van der Waals surface area contributed by atoms with Crippen molar-refractivity contribution in [1.29, 1.82) is 0 Å². The third kappa shape index (κ3) is 4.13. The highest BCUT2D eigenvalue weighted by Crippen LogP contribution is 2.21. The van der Waals surface area contributed by atoms with Crippen LogP contribution in [0.5, 0.6) is 0 Å². The number of hydrogen-bond acceptors (Lipinski definition) is 2. The van der Waals surface area contributed by atoms with Gasteiger partial charge in [-0.1, -0.05) is 53.0 Å². The van der Waals surface area contributed by atoms with Crippen molar-refractivity contribution in [2.45, 2.75) is 26.2 Å². The fourth-order valence-corrected chi connectivity index (χ4v) is 2.76. The number of rotatable bonds is 4. The van der Waals surface area contributed by atoms with Crippen molar-refractivity contribution in [3.05, 3.63) is 54.5 Å². The lowest BCUT2D eigenvalue weighted by Gasteiger charge is -2.07. The number of hydrogen-bond donors (Lipinski definition) is 0. The maximum Gasteiger partial charge on any atom is 0.146 e. The minimum atomic E-state index is 0.561. The van der Waals surface area contributed by atoms with Gasteiger partial charge in [0.15, 0.2) is 0 Å². The molecule has 0 spiro atoms. The average Bonchev–Trinajstić information content (AvgIpc) is 2.38. The van der Waals surface area contributed by atoms with E-state index in [1.807, 2.05) is 12.1 Å². The second-order valence-corrected chi connectivity index (χ2v) is 6.60. The smallest absolute Gasteiger partial charge is 0.146 e. The molecule has 0 N–H and O–H groups in total. The largest absolute Gasteiger partial charge is 0.236 e. The predicted molar refractivity (Wildman–Crippen MR) is 90.7 cm³/mol. The van der Waals surface area contributed by atoms with Crippen molar-refractivity contribution in [2.24, 2.45) is 0 Å². The number of aryl methyl sites for hydroxylation is 1. The Morgan fingerprint density at radius 1 is 1.21 bits per heavy atom. The molecule has 0 saturated carbocycles. The highest BCUT2D eigenvalue weighted by atomic mass is 127. The predicted octanol–water partition coefficient (Wildman–Crippen LogP) is 5.04. The molecule has 0 radical (unpaired) electrons. The van der Waals surface area contributed by atoms with Crippen LogP contribution in [0.1, 0.15) is 30.4 Å². The van der Waals surface area contributed by atoms with Crippen molar-refractivity contribution >= 4 is 50.1 Å². The monoisotopic (exact) mass is 450 g/mol. The lowest BCUT2D eigenvalue weighted by atomic mass is 10.1. The number of aromatic nitrogens is 2. The van der Waals surface area contributed by atoms with Crippen LogP contribution < -0.4 is 0 Å². The van der Waals surface area contributed by atoms with Crippen molar-refractivity contribution < 1.29 is 0 Å². The van der Waals surface area contributed by atoms with Gasteiger partial charge >= 0.3 is 0 Å². The van der Waals surface area contributed by atoms with Crippen molar-refractivity contribution in [3.63, 3.8) is 0 Å². The molecule has 0 aliphatic rings. The molecule has 0 amide bonds. The van der Waals surface area contributed by atoms with Crippen molar-refractivity contribution in [3.8, 4) is 0 Å². The van der Waals surface area contributed by atoms with Crippen LogP contribution in [0.2, 0.25) is 5.15 Å². The molecule has 0 bridgehead atoms. The molecule has 19 heavy (non-hydrogen) atoms. The number of nitrogens with zero attached hydrogens (tertiary/aromatic N) is 2. The van der Waals surface area contributed by atoms with Crippen LogP contribution in [0.15, 0.2) is 28.7 Å². The molecule has 1 aromatic carbocycles. The molecule has 2 nitrogen and oxygen atoms in total. The fourth-order valence-electron chi connectivity index (χ4n) is 1.78. The van der Waals surface area contributed by atoms with E-state index in [4.69, 9.17) is 11.6 Å². The highest BCUT2D eigenvalue weighted by Gasteiger charge is 2.10. The van der Waals surface area contributed by atoms with Gasteiger partial charge in [0.05, 0.1) is 9.26 Å². The van der Waals surface area contributed by atoms with E-state index in [2.05, 4.69) is 67.5 Å². The Labute approximate surface area is 140 Å². The summed E-state index contributed by atoms with van der Waals surface area (Å²) in [5.41, 5.74) is 2.23. The SMILES string of the molecule is CCCc1nc(Cc2ccc(Br)cc2)nc(Cl)c1I. The highest BCUT2D eigenvalue weighted by molar-refractivity contribution is 14.1. The zero-order valence-corrected chi connectivity index (χ0v) is 15.0. The topological polar surface area (TPSA) is 25.8 Å². The first-order chi connectivity index (χ1) is 9.10. The second-order valence-electron chi connectivity index (χ2n) is 4.24. The normalized spacial score (nSPS) is 10.7. The summed E-state index contributed by atoms with van der Waals surface area (Å²) in [6, 6.07) is 8.19. The van der Waals surface area contributed by atoms with E-state index in [1.165, 1.54) is 5.56 Å². The Hall–Kier alpha value is -0.200. The Bertz CT molecular complexity index is 572. The molecule has 100 valence electrons. The van der Waals surface area contributed by atoms with Gasteiger partial charge in [-0.15, -0.1) is 0 Å². The van der Waals surface area contributed by atoms with Gasteiger partial charge in [-0.3, -0.25) is 0 Å². The van der Waals surface area contributed by atoms with Crippen molar-refractivity contribution in [1.82, 2.24) is 9.97 Å². The third-order valence-corrected chi connectivity index (χ3v) is 4.94. The summed E-state index contributed by atoms with van der Waals surface area (Å²) in [6.45, 7) is 2.14. The summed E-state index contributed by atoms with van der Waals surface area (Å²) in [5.74, 6) is 0.788. The van der Waals surface area contributed by atoms with Gasteiger partial charge in [0.2, 0.25) is 0 Å². The van der Waals surface area contributed by atoms with Crippen molar-refractivity contribution in [2.75, 3.05) is 0 Å². The molecule has 1 heterocycles. The zero-order chi connectivity index (χ0) is 13.8. The Morgan fingerprint density at radius 2 is 1.89 bits per heavy atom. The Kier molecular flexibility index (Phi) is 5.59. The Morgan fingerprint density at radius 3 is 2.53 bits per heavy atom. The second kappa shape index (κ2) is 6.99. The van der Waals surface area contributed by atoms with Gasteiger partial charge in [-0.2, -0.15) is 0 Å². The first kappa shape index (κ1) is 15.2. The van der Waals surface area contributed by atoms with Gasteiger partial charge in [-0.25, -0.2) is 9.97 Å². The summed E-state index contributed by atoms with van der Waals surface area (Å²) >= 11 is 11.8. The first-order valence-electron chi connectivity index (χ1n) is 6.05. The first-order valence-corrected chi connectivity index (χ1v) is 8.30. The molecule has 2 aromatic rings. The summed E-state index contributed by atoms with van der Waals surface area (Å²) in [6.07, 6.45) is 2.70. The van der Waals surface area contributed by atoms with Crippen LogP contribution in [0.25, 0.3) is 0 Å². The van der Waals surface area contributed by atoms with Crippen LogP contribution in [0.3, 0.4) is 0 Å². The molecular formula is C14H13BrClIN2. The lowest BCUT2D eigenvalue weighted by molar-refractivity contribution is 0.833. The molecule has 5 heteroatoms. The van der Waals surface area contributed by atoms with Crippen LogP contribution in [0.4, 0.5) is 0 Å². The van der Waals surface area contributed by atoms with Gasteiger partial charge in [0, 0.05) is 10.9 Å². The van der Waals surface area contributed by atoms with Crippen LogP contribution in [-0.4, -0.2) is 9.97 Å². The van der Waals surface area contributed by atoms with E-state index < -0.39 is 0 Å². The van der Waals surface area contributed by atoms with Gasteiger partial charge in [0.1, 0.15) is 11.0 Å². The molecule has 0 fully saturated rings. The minimum absolute atomic E-state index is 0.561. The van der Waals surface area contributed by atoms with Gasteiger partial charge in [0.25, 0.3) is 0 Å². The van der Waals surface area contributed by atoms with Crippen LogP contribution in [-0.2, 0) is 12.8 Å². The number of halogens is 3. The summed E-state index contributed by atoms with van der Waals surface area (Å²) in [7, 11) is 0. The number of benzene rings is 1. The minimum Gasteiger partial charge on any atom is -0.236 e. The summed E-state index contributed by atoms with van der Waals surface area (Å²) in [5, 5.41) is 0.561. The third-order valence-electron chi connectivity index (χ3n) is 2.69.